The SMILES string of the molecule is CC/C=C/N/C=C\C(N)=Nc1ccc(CN(C)CCCC2(N)CCCC2)cc1. The molecular weight excluding hydrogens is 346 g/mol. The van der Waals surface area contributed by atoms with E-state index in [1.165, 1.54) is 37.7 Å². The van der Waals surface area contributed by atoms with Crippen LogP contribution in [0, 0.1) is 0 Å². The Morgan fingerprint density at radius 2 is 1.93 bits per heavy atom. The molecule has 28 heavy (non-hydrogen) atoms. The number of aliphatic imine (C=N–C) groups is 1. The summed E-state index contributed by atoms with van der Waals surface area (Å²) in [6.45, 7) is 4.10. The molecule has 0 spiro atoms. The first-order chi connectivity index (χ1) is 13.5. The van der Waals surface area contributed by atoms with Gasteiger partial charge in [-0.15, -0.1) is 0 Å². The molecule has 0 aromatic heterocycles. The minimum Gasteiger partial charge on any atom is -0.384 e. The van der Waals surface area contributed by atoms with Crippen LogP contribution in [0.3, 0.4) is 0 Å². The number of hydrogen-bond acceptors (Lipinski definition) is 4. The molecule has 0 atom stereocenters. The molecule has 5 heteroatoms. The van der Waals surface area contributed by atoms with Gasteiger partial charge in [0.25, 0.3) is 0 Å². The number of rotatable bonds is 11. The fraction of sp³-hybridized carbons (Fsp3) is 0.522. The Morgan fingerprint density at radius 1 is 1.21 bits per heavy atom. The van der Waals surface area contributed by atoms with Crippen molar-refractivity contribution < 1.29 is 0 Å². The standard InChI is InChI=1S/C23H37N5/c1-3-4-16-26-17-12-22(24)27-21-10-8-20(9-11-21)19-28(2)18-7-15-23(25)13-5-6-14-23/h4,8-12,16-17,26H,3,5-7,13-15,18-19,25H2,1-2H3,(H2,24,27)/b16-4+,17-12-. The highest BCUT2D eigenvalue weighted by Crippen LogP contribution is 2.31. The fourth-order valence-corrected chi connectivity index (χ4v) is 3.66. The quantitative estimate of drug-likeness (QED) is 0.395. The molecule has 0 saturated heterocycles. The van der Waals surface area contributed by atoms with Gasteiger partial charge in [0.1, 0.15) is 5.84 Å². The Labute approximate surface area is 170 Å². The van der Waals surface area contributed by atoms with Gasteiger partial charge in [-0.2, -0.15) is 0 Å². The van der Waals surface area contributed by atoms with E-state index in [0.717, 1.165) is 31.6 Å². The summed E-state index contributed by atoms with van der Waals surface area (Å²) in [5, 5.41) is 3.04. The third-order valence-electron chi connectivity index (χ3n) is 5.26. The van der Waals surface area contributed by atoms with Gasteiger partial charge in [-0.3, -0.25) is 0 Å². The molecule has 154 valence electrons. The van der Waals surface area contributed by atoms with Gasteiger partial charge >= 0.3 is 0 Å². The van der Waals surface area contributed by atoms with Crippen molar-refractivity contribution in [2.24, 2.45) is 16.5 Å². The number of amidine groups is 1. The van der Waals surface area contributed by atoms with Gasteiger partial charge in [0.05, 0.1) is 5.69 Å². The molecule has 0 amide bonds. The number of nitrogens with one attached hydrogen (secondary N) is 1. The zero-order chi connectivity index (χ0) is 20.2. The van der Waals surface area contributed by atoms with E-state index >= 15 is 0 Å². The molecule has 0 aliphatic heterocycles. The first kappa shape index (κ1) is 22.2. The van der Waals surface area contributed by atoms with E-state index in [2.05, 4.69) is 41.3 Å². The highest BCUT2D eigenvalue weighted by Gasteiger charge is 2.28. The minimum absolute atomic E-state index is 0.108. The third-order valence-corrected chi connectivity index (χ3v) is 5.26. The van der Waals surface area contributed by atoms with Crippen LogP contribution in [0.1, 0.15) is 57.4 Å². The number of benzene rings is 1. The summed E-state index contributed by atoms with van der Waals surface area (Å²) in [5.74, 6) is 0.477. The van der Waals surface area contributed by atoms with Crippen LogP contribution < -0.4 is 16.8 Å². The van der Waals surface area contributed by atoms with Crippen LogP contribution in [0.4, 0.5) is 5.69 Å². The number of nitrogens with two attached hydrogens (primary N) is 2. The van der Waals surface area contributed by atoms with Gasteiger partial charge in [-0.05, 0) is 75.7 Å². The zero-order valence-electron chi connectivity index (χ0n) is 17.5. The van der Waals surface area contributed by atoms with Crippen molar-refractivity contribution in [1.29, 1.82) is 0 Å². The van der Waals surface area contributed by atoms with E-state index in [4.69, 9.17) is 11.5 Å². The summed E-state index contributed by atoms with van der Waals surface area (Å²) < 4.78 is 0. The van der Waals surface area contributed by atoms with Crippen molar-refractivity contribution in [3.05, 3.63) is 54.4 Å². The lowest BCUT2D eigenvalue weighted by atomic mass is 9.93. The van der Waals surface area contributed by atoms with Crippen molar-refractivity contribution in [1.82, 2.24) is 10.2 Å². The van der Waals surface area contributed by atoms with Crippen molar-refractivity contribution in [2.45, 2.75) is 64.0 Å². The molecule has 5 N–H and O–H groups in total. The zero-order valence-corrected chi connectivity index (χ0v) is 17.5. The van der Waals surface area contributed by atoms with Gasteiger partial charge in [0.15, 0.2) is 0 Å². The smallest absolute Gasteiger partial charge is 0.125 e. The predicted octanol–water partition coefficient (Wildman–Crippen LogP) is 4.19. The summed E-state index contributed by atoms with van der Waals surface area (Å²) >= 11 is 0. The molecule has 1 saturated carbocycles. The molecule has 2 rings (SSSR count). The second-order valence-corrected chi connectivity index (χ2v) is 7.92. The van der Waals surface area contributed by atoms with E-state index < -0.39 is 0 Å². The molecule has 5 nitrogen and oxygen atoms in total. The van der Waals surface area contributed by atoms with E-state index in [9.17, 15) is 0 Å². The Morgan fingerprint density at radius 3 is 2.61 bits per heavy atom. The van der Waals surface area contributed by atoms with Crippen molar-refractivity contribution >= 4 is 11.5 Å². The molecule has 0 unspecified atom stereocenters. The lowest BCUT2D eigenvalue weighted by Crippen LogP contribution is -2.37. The van der Waals surface area contributed by atoms with Crippen molar-refractivity contribution in [3.63, 3.8) is 0 Å². The number of nitrogens with zero attached hydrogens (tertiary/aromatic N) is 2. The second kappa shape index (κ2) is 11.7. The van der Waals surface area contributed by atoms with Gasteiger partial charge in [0.2, 0.25) is 0 Å². The topological polar surface area (TPSA) is 79.7 Å². The molecule has 1 aromatic carbocycles. The Bertz CT molecular complexity index is 654. The number of hydrogen-bond donors (Lipinski definition) is 3. The van der Waals surface area contributed by atoms with Gasteiger partial charge in [0, 0.05) is 18.3 Å². The molecule has 1 aromatic rings. The van der Waals surface area contributed by atoms with Gasteiger partial charge < -0.3 is 21.7 Å². The third kappa shape index (κ3) is 8.28. The molecule has 0 heterocycles. The minimum atomic E-state index is 0.108. The molecule has 0 bridgehead atoms. The van der Waals surface area contributed by atoms with Crippen molar-refractivity contribution in [3.8, 4) is 0 Å². The summed E-state index contributed by atoms with van der Waals surface area (Å²) in [6.07, 6.45) is 15.8. The predicted molar refractivity (Wildman–Crippen MR) is 120 cm³/mol. The van der Waals surface area contributed by atoms with Crippen LogP contribution in [0.2, 0.25) is 0 Å². The summed E-state index contributed by atoms with van der Waals surface area (Å²) in [5.41, 5.74) is 14.6. The van der Waals surface area contributed by atoms with Crippen LogP contribution in [0.5, 0.6) is 0 Å². The maximum atomic E-state index is 6.45. The van der Waals surface area contributed by atoms with Gasteiger partial charge in [-0.1, -0.05) is 38.0 Å². The Balaban J connectivity index is 1.75. The monoisotopic (exact) mass is 383 g/mol. The van der Waals surface area contributed by atoms with Crippen LogP contribution in [-0.2, 0) is 6.54 Å². The number of allylic oxidation sites excluding steroid dienone is 1. The van der Waals surface area contributed by atoms with E-state index in [1.54, 1.807) is 12.3 Å². The Kier molecular flexibility index (Phi) is 9.24. The lowest BCUT2D eigenvalue weighted by molar-refractivity contribution is 0.293. The van der Waals surface area contributed by atoms with Crippen LogP contribution in [0.25, 0.3) is 0 Å². The van der Waals surface area contributed by atoms with Crippen LogP contribution >= 0.6 is 0 Å². The highest BCUT2D eigenvalue weighted by molar-refractivity contribution is 5.93. The van der Waals surface area contributed by atoms with E-state index in [0.29, 0.717) is 5.84 Å². The summed E-state index contributed by atoms with van der Waals surface area (Å²) in [7, 11) is 2.17. The molecule has 1 aliphatic rings. The van der Waals surface area contributed by atoms with Crippen LogP contribution in [-0.4, -0.2) is 29.9 Å². The Hall–Kier alpha value is -2.11. The summed E-state index contributed by atoms with van der Waals surface area (Å²) in [6, 6.07) is 8.27. The highest BCUT2D eigenvalue weighted by atomic mass is 15.1. The lowest BCUT2D eigenvalue weighted by Gasteiger charge is -2.25. The van der Waals surface area contributed by atoms with Crippen LogP contribution in [0.15, 0.2) is 53.8 Å². The normalized spacial score (nSPS) is 17.2. The second-order valence-electron chi connectivity index (χ2n) is 7.92. The van der Waals surface area contributed by atoms with Crippen molar-refractivity contribution in [2.75, 3.05) is 13.6 Å². The molecule has 1 fully saturated rings. The fourth-order valence-electron chi connectivity index (χ4n) is 3.66. The van der Waals surface area contributed by atoms with Gasteiger partial charge in [-0.25, -0.2) is 4.99 Å². The maximum absolute atomic E-state index is 6.45. The maximum Gasteiger partial charge on any atom is 0.125 e. The largest absolute Gasteiger partial charge is 0.384 e. The first-order valence-corrected chi connectivity index (χ1v) is 10.5. The van der Waals surface area contributed by atoms with E-state index in [-0.39, 0.29) is 5.54 Å². The molecular formula is C23H37N5. The van der Waals surface area contributed by atoms with E-state index in [1.807, 2.05) is 24.4 Å². The average molecular weight is 384 g/mol. The molecule has 1 aliphatic carbocycles. The summed E-state index contributed by atoms with van der Waals surface area (Å²) in [4.78, 5) is 6.78. The first-order valence-electron chi connectivity index (χ1n) is 10.5. The molecule has 0 radical (unpaired) electrons. The average Bonchev–Trinajstić information content (AvgIpc) is 3.10.